The van der Waals surface area contributed by atoms with Crippen molar-refractivity contribution in [2.24, 2.45) is 12.8 Å². The Balaban J connectivity index is 2.55. The summed E-state index contributed by atoms with van der Waals surface area (Å²) in [5, 5.41) is 7.82. The van der Waals surface area contributed by atoms with Gasteiger partial charge in [-0.05, 0) is 6.07 Å². The number of nitrogens with two attached hydrogens (primary N) is 1. The SMILES string of the molecule is Cn1nnc(CN)c1-c1ccoc1. The molecular weight excluding hydrogens is 168 g/mol. The second-order valence-electron chi connectivity index (χ2n) is 2.72. The van der Waals surface area contributed by atoms with Gasteiger partial charge in [-0.2, -0.15) is 0 Å². The third-order valence-electron chi connectivity index (χ3n) is 1.88. The average molecular weight is 178 g/mol. The minimum absolute atomic E-state index is 0.383. The molecule has 0 spiro atoms. The maximum Gasteiger partial charge on any atom is 0.104 e. The van der Waals surface area contributed by atoms with Gasteiger partial charge in [0.15, 0.2) is 0 Å². The summed E-state index contributed by atoms with van der Waals surface area (Å²) in [6.07, 6.45) is 3.26. The lowest BCUT2D eigenvalue weighted by molar-refractivity contribution is 0.567. The summed E-state index contributed by atoms with van der Waals surface area (Å²) in [7, 11) is 1.83. The van der Waals surface area contributed by atoms with E-state index in [1.165, 1.54) is 0 Å². The number of nitrogens with zero attached hydrogens (tertiary/aromatic N) is 3. The molecule has 2 heterocycles. The van der Waals surface area contributed by atoms with E-state index < -0.39 is 0 Å². The first-order chi connectivity index (χ1) is 6.33. The second kappa shape index (κ2) is 3.02. The van der Waals surface area contributed by atoms with Gasteiger partial charge in [-0.25, -0.2) is 4.68 Å². The molecule has 2 N–H and O–H groups in total. The van der Waals surface area contributed by atoms with Crippen LogP contribution in [0.4, 0.5) is 0 Å². The standard InChI is InChI=1S/C8H10N4O/c1-12-8(6-2-3-13-5-6)7(4-9)10-11-12/h2-3,5H,4,9H2,1H3. The van der Waals surface area contributed by atoms with Crippen molar-refractivity contribution in [1.82, 2.24) is 15.0 Å². The molecule has 0 amide bonds. The number of hydrogen-bond acceptors (Lipinski definition) is 4. The average Bonchev–Trinajstić information content (AvgIpc) is 2.72. The second-order valence-corrected chi connectivity index (χ2v) is 2.72. The largest absolute Gasteiger partial charge is 0.472 e. The van der Waals surface area contributed by atoms with Crippen molar-refractivity contribution >= 4 is 0 Å². The van der Waals surface area contributed by atoms with Crippen LogP contribution in [0.25, 0.3) is 11.3 Å². The molecule has 0 aliphatic heterocycles. The molecule has 0 fully saturated rings. The molecule has 2 rings (SSSR count). The summed E-state index contributed by atoms with van der Waals surface area (Å²) in [4.78, 5) is 0. The van der Waals surface area contributed by atoms with E-state index in [4.69, 9.17) is 10.2 Å². The molecule has 0 radical (unpaired) electrons. The van der Waals surface area contributed by atoms with E-state index >= 15 is 0 Å². The fraction of sp³-hybridized carbons (Fsp3) is 0.250. The van der Waals surface area contributed by atoms with Gasteiger partial charge in [-0.15, -0.1) is 5.10 Å². The minimum Gasteiger partial charge on any atom is -0.472 e. The maximum atomic E-state index is 5.52. The molecule has 0 aliphatic carbocycles. The van der Waals surface area contributed by atoms with Crippen LogP contribution in [0.2, 0.25) is 0 Å². The molecule has 5 nitrogen and oxygen atoms in total. The van der Waals surface area contributed by atoms with Crippen LogP contribution in [0.3, 0.4) is 0 Å². The highest BCUT2D eigenvalue weighted by Crippen LogP contribution is 2.21. The molecule has 0 aliphatic rings. The summed E-state index contributed by atoms with van der Waals surface area (Å²) in [6.45, 7) is 0.383. The zero-order valence-electron chi connectivity index (χ0n) is 7.27. The summed E-state index contributed by atoms with van der Waals surface area (Å²) in [5.74, 6) is 0. The smallest absolute Gasteiger partial charge is 0.104 e. The molecule has 5 heteroatoms. The fourth-order valence-electron chi connectivity index (χ4n) is 1.29. The Labute approximate surface area is 75.1 Å². The number of rotatable bonds is 2. The van der Waals surface area contributed by atoms with Crippen molar-refractivity contribution in [2.45, 2.75) is 6.54 Å². The molecular formula is C8H10N4O. The Bertz CT molecular complexity index is 390. The van der Waals surface area contributed by atoms with Crippen molar-refractivity contribution in [3.05, 3.63) is 24.3 Å². The fourth-order valence-corrected chi connectivity index (χ4v) is 1.29. The Morgan fingerprint density at radius 2 is 2.46 bits per heavy atom. The first-order valence-electron chi connectivity index (χ1n) is 3.94. The summed E-state index contributed by atoms with van der Waals surface area (Å²) in [6, 6.07) is 1.86. The van der Waals surface area contributed by atoms with Gasteiger partial charge in [0.25, 0.3) is 0 Å². The van der Waals surface area contributed by atoms with Crippen LogP contribution in [0, 0.1) is 0 Å². The topological polar surface area (TPSA) is 69.9 Å². The van der Waals surface area contributed by atoms with Crippen LogP contribution in [0.15, 0.2) is 23.0 Å². The lowest BCUT2D eigenvalue weighted by Gasteiger charge is -1.97. The molecule has 0 aromatic carbocycles. The van der Waals surface area contributed by atoms with Crippen molar-refractivity contribution in [3.8, 4) is 11.3 Å². The first-order valence-corrected chi connectivity index (χ1v) is 3.94. The molecule has 0 atom stereocenters. The zero-order chi connectivity index (χ0) is 9.26. The van der Waals surface area contributed by atoms with Crippen molar-refractivity contribution in [3.63, 3.8) is 0 Å². The third-order valence-corrected chi connectivity index (χ3v) is 1.88. The monoisotopic (exact) mass is 178 g/mol. The summed E-state index contributed by atoms with van der Waals surface area (Å²) >= 11 is 0. The lowest BCUT2D eigenvalue weighted by Crippen LogP contribution is -2.00. The van der Waals surface area contributed by atoms with Gasteiger partial charge in [-0.1, -0.05) is 5.21 Å². The maximum absolute atomic E-state index is 5.52. The van der Waals surface area contributed by atoms with Crippen LogP contribution in [-0.4, -0.2) is 15.0 Å². The van der Waals surface area contributed by atoms with E-state index in [2.05, 4.69) is 10.3 Å². The number of furan rings is 1. The van der Waals surface area contributed by atoms with Gasteiger partial charge in [0.05, 0.1) is 18.2 Å². The Kier molecular flexibility index (Phi) is 1.86. The van der Waals surface area contributed by atoms with Gasteiger partial charge in [0.2, 0.25) is 0 Å². The Morgan fingerprint density at radius 3 is 3.08 bits per heavy atom. The van der Waals surface area contributed by atoms with E-state index in [-0.39, 0.29) is 0 Å². The molecule has 68 valence electrons. The van der Waals surface area contributed by atoms with Gasteiger partial charge in [-0.3, -0.25) is 0 Å². The van der Waals surface area contributed by atoms with E-state index in [0.717, 1.165) is 17.0 Å². The van der Waals surface area contributed by atoms with Gasteiger partial charge >= 0.3 is 0 Å². The Morgan fingerprint density at radius 1 is 1.62 bits per heavy atom. The number of aryl methyl sites for hydroxylation is 1. The van der Waals surface area contributed by atoms with Crippen molar-refractivity contribution in [1.29, 1.82) is 0 Å². The van der Waals surface area contributed by atoms with E-state index in [9.17, 15) is 0 Å². The molecule has 13 heavy (non-hydrogen) atoms. The van der Waals surface area contributed by atoms with E-state index in [0.29, 0.717) is 6.54 Å². The van der Waals surface area contributed by atoms with Crippen LogP contribution in [-0.2, 0) is 13.6 Å². The summed E-state index contributed by atoms with van der Waals surface area (Å²) < 4.78 is 6.67. The highest BCUT2D eigenvalue weighted by Gasteiger charge is 2.11. The number of aromatic nitrogens is 3. The van der Waals surface area contributed by atoms with Gasteiger partial charge in [0.1, 0.15) is 5.69 Å². The normalized spacial score (nSPS) is 10.6. The van der Waals surface area contributed by atoms with Gasteiger partial charge in [0, 0.05) is 19.2 Å². The predicted molar refractivity (Wildman–Crippen MR) is 46.6 cm³/mol. The van der Waals surface area contributed by atoms with Crippen LogP contribution < -0.4 is 5.73 Å². The molecule has 0 saturated heterocycles. The van der Waals surface area contributed by atoms with Crippen LogP contribution in [0.5, 0.6) is 0 Å². The van der Waals surface area contributed by atoms with E-state index in [1.807, 2.05) is 13.1 Å². The Hall–Kier alpha value is -1.62. The zero-order valence-corrected chi connectivity index (χ0v) is 7.27. The lowest BCUT2D eigenvalue weighted by atomic mass is 10.2. The molecule has 2 aromatic heterocycles. The highest BCUT2D eigenvalue weighted by molar-refractivity contribution is 5.60. The number of hydrogen-bond donors (Lipinski definition) is 1. The minimum atomic E-state index is 0.383. The van der Waals surface area contributed by atoms with Crippen molar-refractivity contribution in [2.75, 3.05) is 0 Å². The van der Waals surface area contributed by atoms with Gasteiger partial charge < -0.3 is 10.2 Å². The molecule has 2 aromatic rings. The van der Waals surface area contributed by atoms with Crippen LogP contribution >= 0.6 is 0 Å². The molecule has 0 unspecified atom stereocenters. The van der Waals surface area contributed by atoms with Crippen LogP contribution in [0.1, 0.15) is 5.69 Å². The molecule has 0 bridgehead atoms. The first kappa shape index (κ1) is 8.00. The molecule has 0 saturated carbocycles. The highest BCUT2D eigenvalue weighted by atomic mass is 16.3. The quantitative estimate of drug-likeness (QED) is 0.728. The third kappa shape index (κ3) is 1.23. The van der Waals surface area contributed by atoms with E-state index in [1.54, 1.807) is 17.2 Å². The summed E-state index contributed by atoms with van der Waals surface area (Å²) in [5.41, 5.74) is 8.17. The predicted octanol–water partition coefficient (Wildman–Crippen LogP) is 0.534. The van der Waals surface area contributed by atoms with Crippen molar-refractivity contribution < 1.29 is 4.42 Å².